The van der Waals surface area contributed by atoms with Crippen molar-refractivity contribution < 1.29 is 23.1 Å². The van der Waals surface area contributed by atoms with Gasteiger partial charge in [0.25, 0.3) is 0 Å². The number of nitrogens with one attached hydrogen (secondary N) is 1. The summed E-state index contributed by atoms with van der Waals surface area (Å²) < 4.78 is 27.4. The number of hydrogen-bond acceptors (Lipinski definition) is 4. The summed E-state index contributed by atoms with van der Waals surface area (Å²) in [7, 11) is -3.61. The first-order valence-electron chi connectivity index (χ1n) is 8.55. The number of likely N-dealkylation sites (tertiary alicyclic amines) is 1. The average Bonchev–Trinajstić information content (AvgIpc) is 2.59. The van der Waals surface area contributed by atoms with E-state index in [2.05, 4.69) is 4.72 Å². The van der Waals surface area contributed by atoms with E-state index in [0.717, 1.165) is 0 Å². The number of rotatable bonds is 8. The highest BCUT2D eigenvalue weighted by molar-refractivity contribution is 7.89. The molecule has 1 saturated heterocycles. The van der Waals surface area contributed by atoms with Crippen molar-refractivity contribution in [3.8, 4) is 0 Å². The number of hydrogen-bond donors (Lipinski definition) is 2. The molecule has 1 fully saturated rings. The smallest absolute Gasteiger partial charge is 0.303 e. The molecular weight excluding hydrogens is 380 g/mol. The topological polar surface area (TPSA) is 104 Å². The molecule has 0 aliphatic carbocycles. The van der Waals surface area contributed by atoms with E-state index in [9.17, 15) is 18.0 Å². The lowest BCUT2D eigenvalue weighted by atomic mass is 10.1. The number of carbonyl (C=O) groups is 2. The van der Waals surface area contributed by atoms with Gasteiger partial charge in [-0.3, -0.25) is 9.59 Å². The summed E-state index contributed by atoms with van der Waals surface area (Å²) in [6.45, 7) is 0.983. The summed E-state index contributed by atoms with van der Waals surface area (Å²) in [6.07, 6.45) is 2.53. The molecule has 0 bridgehead atoms. The highest BCUT2D eigenvalue weighted by atomic mass is 35.5. The summed E-state index contributed by atoms with van der Waals surface area (Å²) in [5, 5.41) is 9.06. The molecule has 26 heavy (non-hydrogen) atoms. The number of amides is 1. The molecule has 1 amide bonds. The molecule has 0 saturated carbocycles. The van der Waals surface area contributed by atoms with Crippen LogP contribution in [0.15, 0.2) is 29.2 Å². The number of unbranched alkanes of at least 4 members (excludes halogenated alkanes) is 1. The van der Waals surface area contributed by atoms with Crippen LogP contribution in [0, 0.1) is 0 Å². The van der Waals surface area contributed by atoms with Crippen LogP contribution in [0.5, 0.6) is 0 Å². The summed E-state index contributed by atoms with van der Waals surface area (Å²) >= 11 is 5.78. The van der Waals surface area contributed by atoms with E-state index in [1.54, 1.807) is 4.90 Å². The van der Waals surface area contributed by atoms with Crippen molar-refractivity contribution in [2.24, 2.45) is 0 Å². The zero-order valence-electron chi connectivity index (χ0n) is 14.4. The van der Waals surface area contributed by atoms with Crippen molar-refractivity contribution in [3.63, 3.8) is 0 Å². The second-order valence-electron chi connectivity index (χ2n) is 6.33. The number of sulfonamides is 1. The molecule has 0 atom stereocenters. The molecule has 2 rings (SSSR count). The fraction of sp³-hybridized carbons (Fsp3) is 0.529. The van der Waals surface area contributed by atoms with Crippen LogP contribution >= 0.6 is 11.6 Å². The van der Waals surface area contributed by atoms with Gasteiger partial charge in [0, 0.05) is 37.0 Å². The molecule has 0 radical (unpaired) electrons. The van der Waals surface area contributed by atoms with Crippen molar-refractivity contribution in [1.29, 1.82) is 0 Å². The van der Waals surface area contributed by atoms with Gasteiger partial charge in [-0.2, -0.15) is 0 Å². The number of carboxylic acids is 1. The molecule has 1 aliphatic rings. The SMILES string of the molecule is O=C(O)CCCCC(=O)N1CCC(NS(=O)(=O)c2ccc(Cl)cc2)CC1. The molecule has 1 aliphatic heterocycles. The van der Waals surface area contributed by atoms with Crippen molar-refractivity contribution in [2.75, 3.05) is 13.1 Å². The first kappa shape index (κ1) is 20.7. The Hall–Kier alpha value is -1.64. The maximum absolute atomic E-state index is 12.4. The van der Waals surface area contributed by atoms with E-state index < -0.39 is 16.0 Å². The van der Waals surface area contributed by atoms with Gasteiger partial charge in [-0.25, -0.2) is 13.1 Å². The Balaban J connectivity index is 1.78. The van der Waals surface area contributed by atoms with Crippen LogP contribution in [0.1, 0.15) is 38.5 Å². The standard InChI is InChI=1S/C17H23ClN2O5S/c18-13-5-7-15(8-6-13)26(24,25)19-14-9-11-20(12-10-14)16(21)3-1-2-4-17(22)23/h5-8,14,19H,1-4,9-12H2,(H,22,23). The molecule has 144 valence electrons. The van der Waals surface area contributed by atoms with Gasteiger partial charge < -0.3 is 10.0 Å². The summed E-state index contributed by atoms with van der Waals surface area (Å²) in [5.41, 5.74) is 0. The Kier molecular flexibility index (Phi) is 7.43. The minimum Gasteiger partial charge on any atom is -0.481 e. The van der Waals surface area contributed by atoms with Gasteiger partial charge in [-0.1, -0.05) is 11.6 Å². The Morgan fingerprint density at radius 2 is 1.69 bits per heavy atom. The average molecular weight is 403 g/mol. The number of nitrogens with zero attached hydrogens (tertiary/aromatic N) is 1. The zero-order chi connectivity index (χ0) is 19.2. The van der Waals surface area contributed by atoms with E-state index >= 15 is 0 Å². The van der Waals surface area contributed by atoms with Gasteiger partial charge in [-0.05, 0) is 49.9 Å². The molecular formula is C17H23ClN2O5S. The number of benzene rings is 1. The highest BCUT2D eigenvalue weighted by Crippen LogP contribution is 2.18. The molecule has 9 heteroatoms. The van der Waals surface area contributed by atoms with E-state index in [0.29, 0.717) is 50.2 Å². The van der Waals surface area contributed by atoms with Crippen molar-refractivity contribution in [3.05, 3.63) is 29.3 Å². The molecule has 1 heterocycles. The van der Waals surface area contributed by atoms with Crippen molar-refractivity contribution in [1.82, 2.24) is 9.62 Å². The summed E-state index contributed by atoms with van der Waals surface area (Å²) in [5.74, 6) is -0.861. The monoisotopic (exact) mass is 402 g/mol. The van der Waals surface area contributed by atoms with Crippen LogP contribution in [-0.2, 0) is 19.6 Å². The van der Waals surface area contributed by atoms with E-state index in [1.807, 2.05) is 0 Å². The Morgan fingerprint density at radius 1 is 1.12 bits per heavy atom. The number of halogens is 1. The third-order valence-corrected chi connectivity index (χ3v) is 6.11. The van der Waals surface area contributed by atoms with E-state index in [4.69, 9.17) is 16.7 Å². The molecule has 0 aromatic heterocycles. The largest absolute Gasteiger partial charge is 0.481 e. The predicted octanol–water partition coefficient (Wildman–Crippen LogP) is 2.25. The molecule has 0 spiro atoms. The molecule has 2 N–H and O–H groups in total. The first-order chi connectivity index (χ1) is 12.3. The molecule has 1 aromatic rings. The highest BCUT2D eigenvalue weighted by Gasteiger charge is 2.26. The lowest BCUT2D eigenvalue weighted by Gasteiger charge is -2.32. The Morgan fingerprint density at radius 3 is 2.27 bits per heavy atom. The number of carboxylic acid groups (broad SMARTS) is 1. The predicted molar refractivity (Wildman–Crippen MR) is 97.5 cm³/mol. The lowest BCUT2D eigenvalue weighted by Crippen LogP contribution is -2.46. The van der Waals surface area contributed by atoms with Crippen molar-refractivity contribution >= 4 is 33.5 Å². The van der Waals surface area contributed by atoms with E-state index in [1.165, 1.54) is 24.3 Å². The number of aliphatic carboxylic acids is 1. The molecule has 1 aromatic carbocycles. The number of piperidine rings is 1. The van der Waals surface area contributed by atoms with Crippen molar-refractivity contribution in [2.45, 2.75) is 49.5 Å². The first-order valence-corrected chi connectivity index (χ1v) is 10.4. The van der Waals surface area contributed by atoms with Gasteiger partial charge in [0.1, 0.15) is 0 Å². The fourth-order valence-corrected chi connectivity index (χ4v) is 4.29. The lowest BCUT2D eigenvalue weighted by molar-refractivity contribution is -0.137. The van der Waals surface area contributed by atoms with Gasteiger partial charge in [-0.15, -0.1) is 0 Å². The van der Waals surface area contributed by atoms with E-state index in [-0.39, 0.29) is 23.3 Å². The maximum Gasteiger partial charge on any atom is 0.303 e. The summed E-state index contributed by atoms with van der Waals surface area (Å²) in [6, 6.07) is 5.76. The Labute approximate surface area is 158 Å². The van der Waals surface area contributed by atoms with Crippen LogP contribution < -0.4 is 4.72 Å². The molecule has 7 nitrogen and oxygen atoms in total. The molecule has 0 unspecified atom stereocenters. The fourth-order valence-electron chi connectivity index (χ4n) is 2.86. The van der Waals surface area contributed by atoms with Crippen LogP contribution in [0.3, 0.4) is 0 Å². The normalized spacial score (nSPS) is 15.8. The van der Waals surface area contributed by atoms with Crippen LogP contribution in [0.4, 0.5) is 0 Å². The third-order valence-electron chi connectivity index (χ3n) is 4.32. The van der Waals surface area contributed by atoms with Gasteiger partial charge in [0.05, 0.1) is 4.90 Å². The van der Waals surface area contributed by atoms with Gasteiger partial charge in [0.15, 0.2) is 0 Å². The third kappa shape index (κ3) is 6.26. The van der Waals surface area contributed by atoms with Crippen LogP contribution in [-0.4, -0.2) is 49.4 Å². The second kappa shape index (κ2) is 9.34. The second-order valence-corrected chi connectivity index (χ2v) is 8.48. The van der Waals surface area contributed by atoms with Gasteiger partial charge in [0.2, 0.25) is 15.9 Å². The van der Waals surface area contributed by atoms with Crippen LogP contribution in [0.2, 0.25) is 5.02 Å². The quantitative estimate of drug-likeness (QED) is 0.649. The Bertz CT molecular complexity index is 728. The number of carbonyl (C=O) groups excluding carboxylic acids is 1. The minimum absolute atomic E-state index is 0.00519. The summed E-state index contributed by atoms with van der Waals surface area (Å²) in [4.78, 5) is 24.5. The minimum atomic E-state index is -3.61. The van der Waals surface area contributed by atoms with Gasteiger partial charge >= 0.3 is 5.97 Å². The zero-order valence-corrected chi connectivity index (χ0v) is 15.9. The maximum atomic E-state index is 12.4. The van der Waals surface area contributed by atoms with Crippen LogP contribution in [0.25, 0.3) is 0 Å².